The van der Waals surface area contributed by atoms with Crippen LogP contribution in [0.4, 0.5) is 0 Å². The number of hydrogen-bond donors (Lipinski definition) is 0. The van der Waals surface area contributed by atoms with Gasteiger partial charge in [0.05, 0.1) is 15.0 Å². The van der Waals surface area contributed by atoms with Gasteiger partial charge in [-0.3, -0.25) is 0 Å². The number of thiophene rings is 10. The van der Waals surface area contributed by atoms with Gasteiger partial charge in [-0.05, 0) is 223 Å². The first-order valence-electron chi connectivity index (χ1n) is 31.0. The molecule has 11 rings (SSSR count). The highest BCUT2D eigenvalue weighted by Gasteiger charge is 2.52. The average molecular weight is 1390 g/mol. The maximum absolute atomic E-state index is 6.20. The van der Waals surface area contributed by atoms with Gasteiger partial charge in [0, 0.05) is 92.6 Å². The summed E-state index contributed by atoms with van der Waals surface area (Å²) in [6.45, 7) is 20.5. The third-order valence-electron chi connectivity index (χ3n) is 15.8. The van der Waals surface area contributed by atoms with Crippen LogP contribution in [0.1, 0.15) is 164 Å². The molecular weight excluding hydrogens is 1310 g/mol. The molecule has 86 heavy (non-hydrogen) atoms. The predicted molar refractivity (Wildman–Crippen MR) is 400 cm³/mol. The Kier molecular flexibility index (Phi) is 26.5. The highest BCUT2D eigenvalue weighted by Crippen LogP contribution is 2.46. The number of aryl methyl sites for hydroxylation is 4. The van der Waals surface area contributed by atoms with Crippen LogP contribution in [-0.4, -0.2) is 18.3 Å². The lowest BCUT2D eigenvalue weighted by atomic mass is 9.88. The second-order valence-electron chi connectivity index (χ2n) is 22.9. The molecular formula is C72H84BBrO2S10. The molecule has 0 aliphatic carbocycles. The summed E-state index contributed by atoms with van der Waals surface area (Å²) in [5.41, 5.74) is -0.576. The zero-order chi connectivity index (χ0) is 60.3. The molecule has 0 aromatic carbocycles. The molecule has 1 fully saturated rings. The van der Waals surface area contributed by atoms with Gasteiger partial charge in [0.15, 0.2) is 0 Å². The average Bonchev–Trinajstić information content (AvgIpc) is 2.10. The van der Waals surface area contributed by atoms with Gasteiger partial charge in [0.2, 0.25) is 0 Å². The molecule has 11 heterocycles. The molecule has 2 nitrogen and oxygen atoms in total. The summed E-state index contributed by atoms with van der Waals surface area (Å²) in [5, 5.41) is 0. The van der Waals surface area contributed by atoms with Gasteiger partial charge in [0.25, 0.3) is 0 Å². The smallest absolute Gasteiger partial charge is 0.399 e. The van der Waals surface area contributed by atoms with Crippen molar-refractivity contribution in [3.63, 3.8) is 0 Å². The van der Waals surface area contributed by atoms with E-state index >= 15 is 0 Å². The Balaban J connectivity index is 0.000000164. The van der Waals surface area contributed by atoms with Gasteiger partial charge in [-0.15, -0.1) is 127 Å². The van der Waals surface area contributed by atoms with Crippen LogP contribution in [0, 0.1) is 0 Å². The Bertz CT molecular complexity index is 3590. The van der Waals surface area contributed by atoms with Gasteiger partial charge >= 0.3 is 7.12 Å². The van der Waals surface area contributed by atoms with Crippen molar-refractivity contribution in [3.8, 4) is 68.3 Å². The van der Waals surface area contributed by atoms with Gasteiger partial charge in [0.1, 0.15) is 0 Å². The van der Waals surface area contributed by atoms with E-state index in [2.05, 4.69) is 192 Å². The molecule has 0 radical (unpaired) electrons. The second kappa shape index (κ2) is 33.8. The topological polar surface area (TPSA) is 18.5 Å². The van der Waals surface area contributed by atoms with E-state index in [-0.39, 0.29) is 18.3 Å². The maximum atomic E-state index is 6.20. The number of allylic oxidation sites excluding steroid dienone is 2. The van der Waals surface area contributed by atoms with Crippen molar-refractivity contribution >= 4 is 141 Å². The van der Waals surface area contributed by atoms with E-state index in [0.717, 1.165) is 17.6 Å². The molecule has 14 heteroatoms. The molecule has 1 aliphatic rings. The summed E-state index contributed by atoms with van der Waals surface area (Å²) in [6, 6.07) is 45.2. The van der Waals surface area contributed by atoms with E-state index in [0.29, 0.717) is 0 Å². The van der Waals surface area contributed by atoms with E-state index in [1.165, 1.54) is 207 Å². The monoisotopic (exact) mass is 1390 g/mol. The van der Waals surface area contributed by atoms with Crippen LogP contribution >= 0.6 is 129 Å². The van der Waals surface area contributed by atoms with Crippen molar-refractivity contribution in [1.29, 1.82) is 0 Å². The third kappa shape index (κ3) is 19.2. The first-order valence-corrected chi connectivity index (χ1v) is 40.0. The number of halogens is 1. The molecule has 454 valence electrons. The quantitative estimate of drug-likeness (QED) is 0.0254. The Hall–Kier alpha value is -3.06. The molecule has 10 aromatic rings. The zero-order valence-electron chi connectivity index (χ0n) is 51.1. The Morgan fingerprint density at radius 2 is 0.605 bits per heavy atom. The van der Waals surface area contributed by atoms with Gasteiger partial charge in [-0.1, -0.05) is 96.3 Å². The lowest BCUT2D eigenvalue weighted by Gasteiger charge is -2.32. The van der Waals surface area contributed by atoms with Crippen molar-refractivity contribution in [2.24, 2.45) is 0 Å². The molecule has 0 amide bonds. The van der Waals surface area contributed by atoms with Crippen LogP contribution in [-0.2, 0) is 35.0 Å². The summed E-state index contributed by atoms with van der Waals surface area (Å²) in [4.78, 5) is 25.2. The predicted octanol–water partition coefficient (Wildman–Crippen LogP) is 27.2. The van der Waals surface area contributed by atoms with E-state index in [9.17, 15) is 0 Å². The van der Waals surface area contributed by atoms with E-state index in [1.54, 1.807) is 22.7 Å². The lowest BCUT2D eigenvalue weighted by Crippen LogP contribution is -2.41. The molecule has 0 N–H and O–H groups in total. The van der Waals surface area contributed by atoms with Crippen molar-refractivity contribution in [2.45, 2.75) is 181 Å². The van der Waals surface area contributed by atoms with Crippen LogP contribution in [0.15, 0.2) is 150 Å². The number of rotatable bonds is 30. The SMILES string of the molecule is C=CCCCCCCCCCc1ccc(-c2ccc(-c3ccc(-c4ccc(-c5ccc(CC)s5)s4)s3)s2)s1.C=CCCCCCCCCCc1ccc(-c2ccc(B3OC(C)(C)C(C)(C)O3)s2)s1.CCc1ccc(-c2ccc(-c3ccc(Br)s3)s2)s1. The fourth-order valence-corrected chi connectivity index (χ4v) is 21.1. The molecule has 10 aromatic heterocycles. The van der Waals surface area contributed by atoms with Crippen molar-refractivity contribution < 1.29 is 9.31 Å². The Morgan fingerprint density at radius 3 is 0.930 bits per heavy atom. The van der Waals surface area contributed by atoms with Crippen molar-refractivity contribution in [1.82, 2.24) is 0 Å². The maximum Gasteiger partial charge on any atom is 0.505 e. The molecule has 1 aliphatic heterocycles. The molecule has 0 bridgehead atoms. The standard InChI is InChI=1S/C33H36S5.C25H37BO2S2.C14H11BrS3/c1-3-5-6-7-8-9-10-11-12-13-25-15-17-27(35-25)29-19-21-31(37-29)33-23-22-32(38-33)30-20-18-28(36-30)26-16-14-24(4-2)34-26;1-6-7-8-9-10-11-12-13-14-15-20-16-17-21(29-20)22-18-19-23(30-22)26-27-24(2,3)25(4,5)28-26;1-2-9-3-4-10(16-9)11-5-6-12(17-11)13-7-8-14(15)18-13/h3,14-23H,1,4-13H2,2H3;6,16-19H,1,7-15H2,2-5H3;3-8H,2H2,1H3. The second-order valence-corrected chi connectivity index (χ2v) is 35.5. The first-order chi connectivity index (χ1) is 41.8. The van der Waals surface area contributed by atoms with Crippen LogP contribution in [0.2, 0.25) is 0 Å². The van der Waals surface area contributed by atoms with Crippen LogP contribution < -0.4 is 4.78 Å². The Labute approximate surface area is 564 Å². The lowest BCUT2D eigenvalue weighted by molar-refractivity contribution is 0.00578. The summed E-state index contributed by atoms with van der Waals surface area (Å²) < 4.78 is 14.8. The van der Waals surface area contributed by atoms with Crippen LogP contribution in [0.5, 0.6) is 0 Å². The minimum atomic E-state index is -0.288. The van der Waals surface area contributed by atoms with Crippen molar-refractivity contribution in [3.05, 3.63) is 170 Å². The fraction of sp³-hybridized carbons (Fsp3) is 0.389. The normalized spacial score (nSPS) is 13.5. The van der Waals surface area contributed by atoms with Gasteiger partial charge in [-0.2, -0.15) is 0 Å². The summed E-state index contributed by atoms with van der Waals surface area (Å²) in [6.07, 6.45) is 30.0. The van der Waals surface area contributed by atoms with E-state index < -0.39 is 0 Å². The molecule has 0 spiro atoms. The van der Waals surface area contributed by atoms with Crippen LogP contribution in [0.3, 0.4) is 0 Å². The highest BCUT2D eigenvalue weighted by atomic mass is 79.9. The number of hydrogen-bond acceptors (Lipinski definition) is 12. The molecule has 0 atom stereocenters. The largest absolute Gasteiger partial charge is 0.505 e. The zero-order valence-corrected chi connectivity index (χ0v) is 60.9. The number of unbranched alkanes of at least 4 members (excludes halogenated alkanes) is 14. The molecule has 0 unspecified atom stereocenters. The van der Waals surface area contributed by atoms with Crippen molar-refractivity contribution in [2.75, 3.05) is 0 Å². The van der Waals surface area contributed by atoms with Crippen LogP contribution in [0.25, 0.3) is 68.3 Å². The minimum Gasteiger partial charge on any atom is -0.399 e. The fourth-order valence-electron chi connectivity index (χ4n) is 10.1. The van der Waals surface area contributed by atoms with Gasteiger partial charge in [-0.25, -0.2) is 0 Å². The summed E-state index contributed by atoms with van der Waals surface area (Å²) >= 11 is 22.5. The first kappa shape index (κ1) is 67.3. The Morgan fingerprint density at radius 1 is 0.337 bits per heavy atom. The molecule has 1 saturated heterocycles. The summed E-state index contributed by atoms with van der Waals surface area (Å²) in [5.74, 6) is 0. The van der Waals surface area contributed by atoms with E-state index in [1.807, 2.05) is 103 Å². The third-order valence-corrected chi connectivity index (χ3v) is 29.0. The minimum absolute atomic E-state index is 0.259. The molecule has 0 saturated carbocycles. The highest BCUT2D eigenvalue weighted by molar-refractivity contribution is 9.11. The van der Waals surface area contributed by atoms with E-state index in [4.69, 9.17) is 9.31 Å². The summed E-state index contributed by atoms with van der Waals surface area (Å²) in [7, 11) is -0.259. The van der Waals surface area contributed by atoms with Gasteiger partial charge < -0.3 is 9.31 Å².